The first kappa shape index (κ1) is 22.8. The predicted molar refractivity (Wildman–Crippen MR) is 124 cm³/mol. The highest BCUT2D eigenvalue weighted by Crippen LogP contribution is 2.48. The lowest BCUT2D eigenvalue weighted by atomic mass is 10.1. The minimum atomic E-state index is -0.320. The van der Waals surface area contributed by atoms with Gasteiger partial charge < -0.3 is 14.2 Å². The van der Waals surface area contributed by atoms with Crippen molar-refractivity contribution in [2.24, 2.45) is 5.92 Å². The summed E-state index contributed by atoms with van der Waals surface area (Å²) >= 11 is 0. The second-order valence-electron chi connectivity index (χ2n) is 8.57. The Morgan fingerprint density at radius 1 is 0.970 bits per heavy atom. The van der Waals surface area contributed by atoms with Crippen LogP contribution in [0.3, 0.4) is 0 Å². The van der Waals surface area contributed by atoms with Gasteiger partial charge in [0.2, 0.25) is 11.8 Å². The SMILES string of the molecule is CCCN(CC(=O)N(Cc1ccc(F)cc1)Cc1ccco1)C(=O)C1C[C@H]1c1ccccc1. The van der Waals surface area contributed by atoms with Crippen molar-refractivity contribution in [2.45, 2.75) is 38.8 Å². The maximum absolute atomic E-state index is 13.3. The molecule has 0 spiro atoms. The summed E-state index contributed by atoms with van der Waals surface area (Å²) in [6, 6.07) is 19.8. The Hall–Kier alpha value is -3.41. The van der Waals surface area contributed by atoms with E-state index in [0.29, 0.717) is 18.8 Å². The number of rotatable bonds is 10. The molecule has 2 amide bonds. The van der Waals surface area contributed by atoms with Gasteiger partial charge in [0, 0.05) is 19.0 Å². The standard InChI is InChI=1S/C27H29FN2O3/c1-2-14-29(27(32)25-16-24(25)21-7-4-3-5-8-21)19-26(31)30(18-23-9-6-15-33-23)17-20-10-12-22(28)13-11-20/h3-13,15,24-25H,2,14,16-19H2,1H3/t24-,25?/m0/s1. The molecule has 0 aliphatic heterocycles. The van der Waals surface area contributed by atoms with E-state index < -0.39 is 0 Å². The van der Waals surface area contributed by atoms with Crippen LogP contribution in [-0.4, -0.2) is 34.7 Å². The molecular formula is C27H29FN2O3. The molecule has 1 aliphatic rings. The zero-order valence-electron chi connectivity index (χ0n) is 18.8. The monoisotopic (exact) mass is 448 g/mol. The fraction of sp³-hybridized carbons (Fsp3) is 0.333. The van der Waals surface area contributed by atoms with Crippen LogP contribution in [0.15, 0.2) is 77.4 Å². The van der Waals surface area contributed by atoms with Crippen LogP contribution in [0.25, 0.3) is 0 Å². The summed E-state index contributed by atoms with van der Waals surface area (Å²) in [4.78, 5) is 29.9. The summed E-state index contributed by atoms with van der Waals surface area (Å²) in [7, 11) is 0. The molecule has 2 aromatic carbocycles. The van der Waals surface area contributed by atoms with Crippen molar-refractivity contribution < 1.29 is 18.4 Å². The lowest BCUT2D eigenvalue weighted by molar-refractivity contribution is -0.142. The Morgan fingerprint density at radius 2 is 1.73 bits per heavy atom. The molecular weight excluding hydrogens is 419 g/mol. The van der Waals surface area contributed by atoms with Gasteiger partial charge in [0.25, 0.3) is 0 Å². The second kappa shape index (κ2) is 10.5. The Morgan fingerprint density at radius 3 is 2.39 bits per heavy atom. The van der Waals surface area contributed by atoms with Crippen LogP contribution in [0, 0.1) is 11.7 Å². The Kier molecular flexibility index (Phi) is 7.23. The van der Waals surface area contributed by atoms with E-state index in [2.05, 4.69) is 12.1 Å². The third kappa shape index (κ3) is 5.89. The minimum absolute atomic E-state index is 0.0204. The molecule has 3 aromatic rings. The zero-order valence-corrected chi connectivity index (χ0v) is 18.8. The summed E-state index contributed by atoms with van der Waals surface area (Å²) in [6.45, 7) is 3.16. The summed E-state index contributed by atoms with van der Waals surface area (Å²) < 4.78 is 18.8. The van der Waals surface area contributed by atoms with Gasteiger partial charge in [0.15, 0.2) is 0 Å². The fourth-order valence-electron chi connectivity index (χ4n) is 4.20. The molecule has 0 bridgehead atoms. The molecule has 1 fully saturated rings. The van der Waals surface area contributed by atoms with E-state index in [1.54, 1.807) is 34.3 Å². The average Bonchev–Trinajstić information content (AvgIpc) is 3.47. The van der Waals surface area contributed by atoms with E-state index in [9.17, 15) is 14.0 Å². The largest absolute Gasteiger partial charge is 0.467 e. The number of halogens is 1. The first-order chi connectivity index (χ1) is 16.0. The first-order valence-corrected chi connectivity index (χ1v) is 11.4. The van der Waals surface area contributed by atoms with Crippen LogP contribution >= 0.6 is 0 Å². The van der Waals surface area contributed by atoms with E-state index in [1.807, 2.05) is 31.2 Å². The van der Waals surface area contributed by atoms with Gasteiger partial charge in [-0.2, -0.15) is 0 Å². The number of carbonyl (C=O) groups is 2. The van der Waals surface area contributed by atoms with Crippen LogP contribution < -0.4 is 0 Å². The maximum atomic E-state index is 13.3. The molecule has 1 saturated carbocycles. The van der Waals surface area contributed by atoms with Crippen molar-refractivity contribution in [3.05, 3.63) is 95.7 Å². The van der Waals surface area contributed by atoms with Gasteiger partial charge in [0.1, 0.15) is 11.6 Å². The third-order valence-electron chi connectivity index (χ3n) is 6.03. The van der Waals surface area contributed by atoms with Crippen LogP contribution in [0.1, 0.15) is 42.6 Å². The van der Waals surface area contributed by atoms with Crippen LogP contribution in [0.2, 0.25) is 0 Å². The molecule has 1 heterocycles. The number of amides is 2. The highest BCUT2D eigenvalue weighted by Gasteiger charge is 2.45. The number of furan rings is 1. The van der Waals surface area contributed by atoms with Crippen molar-refractivity contribution in [2.75, 3.05) is 13.1 Å². The van der Waals surface area contributed by atoms with Gasteiger partial charge in [-0.15, -0.1) is 0 Å². The quantitative estimate of drug-likeness (QED) is 0.439. The lowest BCUT2D eigenvalue weighted by Crippen LogP contribution is -2.43. The van der Waals surface area contributed by atoms with Crippen molar-refractivity contribution in [3.8, 4) is 0 Å². The molecule has 0 saturated heterocycles. The van der Waals surface area contributed by atoms with Crippen LogP contribution in [-0.2, 0) is 22.7 Å². The molecule has 5 nitrogen and oxygen atoms in total. The van der Waals surface area contributed by atoms with Gasteiger partial charge in [-0.05, 0) is 54.2 Å². The third-order valence-corrected chi connectivity index (χ3v) is 6.03. The number of carbonyl (C=O) groups excluding carboxylic acids is 2. The Labute approximate surface area is 193 Å². The number of nitrogens with zero attached hydrogens (tertiary/aromatic N) is 2. The molecule has 1 unspecified atom stereocenters. The van der Waals surface area contributed by atoms with Crippen molar-refractivity contribution in [1.29, 1.82) is 0 Å². The van der Waals surface area contributed by atoms with Crippen LogP contribution in [0.5, 0.6) is 0 Å². The van der Waals surface area contributed by atoms with E-state index in [0.717, 1.165) is 18.4 Å². The van der Waals surface area contributed by atoms with Gasteiger partial charge >= 0.3 is 0 Å². The highest BCUT2D eigenvalue weighted by atomic mass is 19.1. The topological polar surface area (TPSA) is 53.8 Å². The molecule has 33 heavy (non-hydrogen) atoms. The molecule has 172 valence electrons. The summed E-state index contributed by atoms with van der Waals surface area (Å²) in [5.74, 6) is 0.382. The van der Waals surface area contributed by atoms with Crippen molar-refractivity contribution in [3.63, 3.8) is 0 Å². The predicted octanol–water partition coefficient (Wildman–Crippen LogP) is 4.99. The number of hydrogen-bond donors (Lipinski definition) is 0. The van der Waals surface area contributed by atoms with E-state index >= 15 is 0 Å². The second-order valence-corrected chi connectivity index (χ2v) is 8.57. The summed E-state index contributed by atoms with van der Waals surface area (Å²) in [5.41, 5.74) is 1.99. The molecule has 1 aliphatic carbocycles. The average molecular weight is 449 g/mol. The van der Waals surface area contributed by atoms with Gasteiger partial charge in [-0.25, -0.2) is 4.39 Å². The minimum Gasteiger partial charge on any atom is -0.467 e. The molecule has 2 atom stereocenters. The molecule has 0 radical (unpaired) electrons. The normalized spacial score (nSPS) is 16.9. The van der Waals surface area contributed by atoms with Gasteiger partial charge in [0.05, 0.1) is 19.4 Å². The van der Waals surface area contributed by atoms with E-state index in [4.69, 9.17) is 4.42 Å². The smallest absolute Gasteiger partial charge is 0.242 e. The Balaban J connectivity index is 1.45. The van der Waals surface area contributed by atoms with Crippen LogP contribution in [0.4, 0.5) is 4.39 Å². The van der Waals surface area contributed by atoms with E-state index in [-0.39, 0.29) is 42.6 Å². The van der Waals surface area contributed by atoms with Gasteiger partial charge in [-0.1, -0.05) is 49.4 Å². The maximum Gasteiger partial charge on any atom is 0.242 e. The Bertz CT molecular complexity index is 1050. The van der Waals surface area contributed by atoms with E-state index in [1.165, 1.54) is 17.7 Å². The number of hydrogen-bond acceptors (Lipinski definition) is 3. The first-order valence-electron chi connectivity index (χ1n) is 11.4. The molecule has 6 heteroatoms. The fourth-order valence-corrected chi connectivity index (χ4v) is 4.20. The van der Waals surface area contributed by atoms with Crippen molar-refractivity contribution in [1.82, 2.24) is 9.80 Å². The summed E-state index contributed by atoms with van der Waals surface area (Å²) in [5, 5.41) is 0. The molecule has 1 aromatic heterocycles. The number of benzene rings is 2. The van der Waals surface area contributed by atoms with Crippen molar-refractivity contribution >= 4 is 11.8 Å². The lowest BCUT2D eigenvalue weighted by Gasteiger charge is -2.27. The molecule has 4 rings (SSSR count). The van der Waals surface area contributed by atoms with Gasteiger partial charge in [-0.3, -0.25) is 9.59 Å². The zero-order chi connectivity index (χ0) is 23.2. The molecule has 0 N–H and O–H groups in total. The highest BCUT2D eigenvalue weighted by molar-refractivity contribution is 5.88. The summed E-state index contributed by atoms with van der Waals surface area (Å²) in [6.07, 6.45) is 3.17.